The Morgan fingerprint density at radius 1 is 0.975 bits per heavy atom. The number of carbonyl (C=O) groups excluding carboxylic acids is 1. The summed E-state index contributed by atoms with van der Waals surface area (Å²) < 4.78 is 22.6. The molecule has 0 radical (unpaired) electrons. The van der Waals surface area contributed by atoms with E-state index >= 15 is 0 Å². The molecule has 0 spiro atoms. The molecule has 7 heteroatoms. The number of nitrogens with zero attached hydrogens (tertiary/aromatic N) is 2. The molecule has 1 saturated heterocycles. The molecule has 2 aromatic rings. The molecule has 222 valence electrons. The lowest BCUT2D eigenvalue weighted by molar-refractivity contribution is -0.151. The molecule has 0 bridgehead atoms. The number of piperidine rings is 1. The summed E-state index contributed by atoms with van der Waals surface area (Å²) in [6.07, 6.45) is 2.75. The van der Waals surface area contributed by atoms with Crippen molar-refractivity contribution >= 4 is 5.91 Å². The Hall–Kier alpha value is -2.45. The number of hydrogen-bond acceptors (Lipinski definition) is 6. The number of hydrogen-bond donors (Lipinski definition) is 0. The van der Waals surface area contributed by atoms with Gasteiger partial charge in [-0.15, -0.1) is 0 Å². The molecule has 1 aliphatic rings. The van der Waals surface area contributed by atoms with Crippen molar-refractivity contribution in [2.45, 2.75) is 64.2 Å². The highest BCUT2D eigenvalue weighted by Gasteiger charge is 2.39. The van der Waals surface area contributed by atoms with Crippen LogP contribution in [0.3, 0.4) is 0 Å². The van der Waals surface area contributed by atoms with Crippen LogP contribution in [-0.2, 0) is 30.8 Å². The van der Waals surface area contributed by atoms with Gasteiger partial charge in [-0.3, -0.25) is 4.79 Å². The van der Waals surface area contributed by atoms with Gasteiger partial charge in [0.1, 0.15) is 5.75 Å². The van der Waals surface area contributed by atoms with Gasteiger partial charge in [-0.05, 0) is 69.4 Å². The average Bonchev–Trinajstić information content (AvgIpc) is 2.98. The number of benzene rings is 2. The van der Waals surface area contributed by atoms with E-state index in [1.54, 1.807) is 21.3 Å². The van der Waals surface area contributed by atoms with Crippen molar-refractivity contribution in [3.05, 3.63) is 65.2 Å². The Morgan fingerprint density at radius 3 is 2.25 bits per heavy atom. The zero-order chi connectivity index (χ0) is 29.1. The number of carbonyl (C=O) groups is 1. The van der Waals surface area contributed by atoms with E-state index in [2.05, 4.69) is 81.2 Å². The van der Waals surface area contributed by atoms with Crippen molar-refractivity contribution in [1.82, 2.24) is 9.80 Å². The van der Waals surface area contributed by atoms with Gasteiger partial charge in [0.2, 0.25) is 5.91 Å². The number of rotatable bonds is 15. The van der Waals surface area contributed by atoms with Crippen LogP contribution < -0.4 is 4.74 Å². The molecule has 0 N–H and O–H groups in total. The predicted octanol–water partition coefficient (Wildman–Crippen LogP) is 5.15. The van der Waals surface area contributed by atoms with E-state index in [-0.39, 0.29) is 17.4 Å². The van der Waals surface area contributed by atoms with Gasteiger partial charge in [0.05, 0.1) is 33.3 Å². The molecule has 40 heavy (non-hydrogen) atoms. The summed E-state index contributed by atoms with van der Waals surface area (Å²) in [5.74, 6) is 1.32. The van der Waals surface area contributed by atoms with E-state index < -0.39 is 6.29 Å². The van der Waals surface area contributed by atoms with E-state index in [0.29, 0.717) is 32.1 Å². The van der Waals surface area contributed by atoms with Crippen molar-refractivity contribution < 1.29 is 23.7 Å². The van der Waals surface area contributed by atoms with Crippen molar-refractivity contribution in [3.63, 3.8) is 0 Å². The number of likely N-dealkylation sites (tertiary alicyclic amines) is 1. The van der Waals surface area contributed by atoms with Crippen molar-refractivity contribution in [2.75, 3.05) is 61.2 Å². The first-order chi connectivity index (χ1) is 19.2. The maximum Gasteiger partial charge on any atom is 0.225 e. The van der Waals surface area contributed by atoms with Gasteiger partial charge in [-0.2, -0.15) is 0 Å². The summed E-state index contributed by atoms with van der Waals surface area (Å²) in [5.41, 5.74) is 3.74. The van der Waals surface area contributed by atoms with Crippen molar-refractivity contribution in [2.24, 2.45) is 5.92 Å². The largest absolute Gasteiger partial charge is 0.496 e. The lowest BCUT2D eigenvalue weighted by Gasteiger charge is -2.42. The fourth-order valence-electron chi connectivity index (χ4n) is 5.61. The molecule has 0 aromatic heterocycles. The summed E-state index contributed by atoms with van der Waals surface area (Å²) >= 11 is 0. The highest BCUT2D eigenvalue weighted by atomic mass is 16.7. The van der Waals surface area contributed by atoms with Crippen LogP contribution >= 0.6 is 0 Å². The molecular formula is C33H50N2O5. The van der Waals surface area contributed by atoms with Crippen LogP contribution in [0.2, 0.25) is 0 Å². The second-order valence-electron chi connectivity index (χ2n) is 11.3. The van der Waals surface area contributed by atoms with Crippen LogP contribution in [-0.4, -0.2) is 89.3 Å². The molecular weight excluding hydrogens is 504 g/mol. The Bertz CT molecular complexity index is 1030. The first-order valence-electron chi connectivity index (χ1n) is 14.6. The zero-order valence-corrected chi connectivity index (χ0v) is 25.7. The van der Waals surface area contributed by atoms with E-state index in [4.69, 9.17) is 18.9 Å². The van der Waals surface area contributed by atoms with Gasteiger partial charge in [0, 0.05) is 31.2 Å². The summed E-state index contributed by atoms with van der Waals surface area (Å²) in [6, 6.07) is 17.5. The van der Waals surface area contributed by atoms with E-state index in [9.17, 15) is 4.79 Å². The quantitative estimate of drug-likeness (QED) is 0.224. The minimum absolute atomic E-state index is 0.0547. The second-order valence-corrected chi connectivity index (χ2v) is 11.3. The molecule has 1 heterocycles. The monoisotopic (exact) mass is 554 g/mol. The topological polar surface area (TPSA) is 60.5 Å². The normalized spacial score (nSPS) is 16.3. The first kappa shape index (κ1) is 32.1. The van der Waals surface area contributed by atoms with Gasteiger partial charge >= 0.3 is 0 Å². The van der Waals surface area contributed by atoms with Gasteiger partial charge in [-0.1, -0.05) is 56.3 Å². The Morgan fingerprint density at radius 2 is 1.65 bits per heavy atom. The van der Waals surface area contributed by atoms with Crippen molar-refractivity contribution in [3.8, 4) is 5.75 Å². The number of ether oxygens (including phenoxy) is 4. The third kappa shape index (κ3) is 8.06. The summed E-state index contributed by atoms with van der Waals surface area (Å²) in [5, 5.41) is 0. The Kier molecular flexibility index (Phi) is 12.4. The molecule has 1 atom stereocenters. The van der Waals surface area contributed by atoms with Gasteiger partial charge in [-0.25, -0.2) is 0 Å². The standard InChI is InChI=1S/C33H50N2O5/c1-25(2)26(3)35(24-32(38-6)39-7)31(36)16-22-40-21-15-27-13-14-30(37-5)29(23-27)33(17-19-34(4)20-18-33)28-11-9-8-10-12-28/h8-14,23,25-26,32H,15-22,24H2,1-7H3. The molecule has 1 unspecified atom stereocenters. The van der Waals surface area contributed by atoms with E-state index in [1.165, 1.54) is 16.7 Å². The first-order valence-corrected chi connectivity index (χ1v) is 14.6. The van der Waals surface area contributed by atoms with E-state index in [0.717, 1.165) is 38.1 Å². The third-order valence-electron chi connectivity index (χ3n) is 8.59. The van der Waals surface area contributed by atoms with Gasteiger partial charge in [0.15, 0.2) is 6.29 Å². The van der Waals surface area contributed by atoms with Crippen LogP contribution in [0.1, 0.15) is 56.7 Å². The van der Waals surface area contributed by atoms with Crippen molar-refractivity contribution in [1.29, 1.82) is 0 Å². The number of methoxy groups -OCH3 is 3. The molecule has 3 rings (SSSR count). The van der Waals surface area contributed by atoms with Crippen LogP contribution in [0, 0.1) is 5.92 Å². The smallest absolute Gasteiger partial charge is 0.225 e. The molecule has 0 saturated carbocycles. The van der Waals surface area contributed by atoms with Crippen LogP contribution in [0.15, 0.2) is 48.5 Å². The van der Waals surface area contributed by atoms with E-state index in [1.807, 2.05) is 4.90 Å². The SMILES string of the molecule is COc1ccc(CCOCCC(=O)N(CC(OC)OC)C(C)C(C)C)cc1C1(c2ccccc2)CCN(C)CC1. The van der Waals surface area contributed by atoms with Gasteiger partial charge in [0.25, 0.3) is 0 Å². The fraction of sp³-hybridized carbons (Fsp3) is 0.606. The maximum atomic E-state index is 13.1. The Balaban J connectivity index is 1.66. The fourth-order valence-corrected chi connectivity index (χ4v) is 5.61. The highest BCUT2D eigenvalue weighted by Crippen LogP contribution is 2.45. The average molecular weight is 555 g/mol. The molecule has 2 aromatic carbocycles. The highest BCUT2D eigenvalue weighted by molar-refractivity contribution is 5.76. The lowest BCUT2D eigenvalue weighted by atomic mass is 9.67. The number of amides is 1. The van der Waals surface area contributed by atoms with Crippen LogP contribution in [0.25, 0.3) is 0 Å². The summed E-state index contributed by atoms with van der Waals surface area (Å²) in [4.78, 5) is 17.3. The lowest BCUT2D eigenvalue weighted by Crippen LogP contribution is -2.46. The molecule has 7 nitrogen and oxygen atoms in total. The molecule has 1 aliphatic heterocycles. The molecule has 1 amide bonds. The van der Waals surface area contributed by atoms with Crippen LogP contribution in [0.5, 0.6) is 5.75 Å². The zero-order valence-electron chi connectivity index (χ0n) is 25.7. The van der Waals surface area contributed by atoms with Crippen LogP contribution in [0.4, 0.5) is 0 Å². The third-order valence-corrected chi connectivity index (χ3v) is 8.59. The summed E-state index contributed by atoms with van der Waals surface area (Å²) in [7, 11) is 7.15. The minimum Gasteiger partial charge on any atom is -0.496 e. The second kappa shape index (κ2) is 15.5. The maximum absolute atomic E-state index is 13.1. The summed E-state index contributed by atoms with van der Waals surface area (Å²) in [6.45, 7) is 9.73. The predicted molar refractivity (Wildman–Crippen MR) is 160 cm³/mol. The van der Waals surface area contributed by atoms with Gasteiger partial charge < -0.3 is 28.7 Å². The Labute approximate surface area is 241 Å². The molecule has 1 fully saturated rings. The minimum atomic E-state index is -0.445. The molecule has 0 aliphatic carbocycles.